The first kappa shape index (κ1) is 63.4. The summed E-state index contributed by atoms with van der Waals surface area (Å²) in [5.41, 5.74) is 0.692. The van der Waals surface area contributed by atoms with Crippen molar-refractivity contribution >= 4 is 35.8 Å². The molecule has 2 aliphatic heterocycles. The number of hydrogen-bond acceptors (Lipinski definition) is 16. The van der Waals surface area contributed by atoms with Crippen molar-refractivity contribution in [2.24, 2.45) is 10.8 Å². The van der Waals surface area contributed by atoms with Gasteiger partial charge in [0.15, 0.2) is 0 Å². The lowest BCUT2D eigenvalue weighted by Crippen LogP contribution is -2.49. The Balaban J connectivity index is 0.000000213. The van der Waals surface area contributed by atoms with Crippen LogP contribution in [0, 0.1) is 56.2 Å². The SMILES string of the molecule is CC(C)(C#N)c1ccc(-c2ccc(C(O)(c3cncnc3)C(C)(C)C)nc2)c(C#N)c1.CC(C)(C#N)c1ccc(Br)c(C#N)c1.CC(C)(C)C(OB1OC(C)(C)C(C)(C)O1)(c1cncnc1)c1ccc(B2OC(C)(C)C(C)(C)O2)cn1. The fourth-order valence-electron chi connectivity index (χ4n) is 9.09. The third-order valence-corrected chi connectivity index (χ3v) is 16.6. The zero-order chi connectivity index (χ0) is 60.4. The lowest BCUT2D eigenvalue weighted by atomic mass is 9.69. The summed E-state index contributed by atoms with van der Waals surface area (Å²) in [4.78, 5) is 26.2. The Morgan fingerprint density at radius 3 is 1.41 bits per heavy atom. The first-order valence-corrected chi connectivity index (χ1v) is 27.4. The number of hydrogen-bond donors (Lipinski definition) is 1. The van der Waals surface area contributed by atoms with Gasteiger partial charge in [0, 0.05) is 74.8 Å². The molecular weight excluding hydrogens is 1080 g/mol. The minimum Gasteiger partial charge on any atom is -0.399 e. The van der Waals surface area contributed by atoms with Crippen LogP contribution in [0.2, 0.25) is 0 Å². The van der Waals surface area contributed by atoms with Crippen LogP contribution in [-0.4, -0.2) is 71.9 Å². The Labute approximate surface area is 487 Å². The van der Waals surface area contributed by atoms with Crippen LogP contribution in [-0.2, 0) is 45.3 Å². The van der Waals surface area contributed by atoms with Gasteiger partial charge in [0.2, 0.25) is 0 Å². The number of benzene rings is 2. The van der Waals surface area contributed by atoms with Crippen LogP contribution < -0.4 is 5.46 Å². The summed E-state index contributed by atoms with van der Waals surface area (Å²) in [6.45, 7) is 35.5. The highest BCUT2D eigenvalue weighted by Crippen LogP contribution is 2.50. The number of halogens is 1. The molecule has 4 aromatic heterocycles. The molecule has 0 radical (unpaired) electrons. The predicted octanol–water partition coefficient (Wildman–Crippen LogP) is 11.7. The van der Waals surface area contributed by atoms with Gasteiger partial charge in [0.1, 0.15) is 29.9 Å². The predicted molar refractivity (Wildman–Crippen MR) is 314 cm³/mol. The second kappa shape index (κ2) is 23.2. The second-order valence-electron chi connectivity index (χ2n) is 25.5. The Morgan fingerprint density at radius 1 is 0.519 bits per heavy atom. The Hall–Kier alpha value is -6.77. The molecule has 16 nitrogen and oxygen atoms in total. The molecule has 0 bridgehead atoms. The standard InChI is InChI=1S/C26H39B2N3O5.C25H25N5O.C11H9BrN2/c1-21(2,3)26(18-14-29-17-30-15-18,36-28-34-24(8,9)25(10,11)35-28)20-13-12-19(16-31-20)27-32-22(4,5)23(6,7)33-27;1-23(2,3)25(31,20-13-28-16-29-14-20)22-9-6-17(12-30-22)21-8-7-19(10-18(21)11-26)24(4,5)15-27;1-11(2,7-14)9-3-4-10(12)8(5-9)6-13/h12-17H,1-11H3;6-10,12-14,16,31H,1-5H3;3-5H,1-2H3. The van der Waals surface area contributed by atoms with E-state index in [0.29, 0.717) is 28.1 Å². The molecule has 19 heteroatoms. The Morgan fingerprint density at radius 2 is 0.975 bits per heavy atom. The minimum atomic E-state index is -1.40. The average Bonchev–Trinajstić information content (AvgIpc) is 3.78. The number of nitriles is 4. The van der Waals surface area contributed by atoms with Crippen molar-refractivity contribution in [3.05, 3.63) is 160 Å². The maximum Gasteiger partial charge on any atom is 0.641 e. The number of pyridine rings is 2. The summed E-state index contributed by atoms with van der Waals surface area (Å²) in [6.07, 6.45) is 13.1. The molecule has 0 amide bonds. The van der Waals surface area contributed by atoms with Gasteiger partial charge in [-0.05, 0) is 146 Å². The van der Waals surface area contributed by atoms with E-state index in [1.807, 2.05) is 140 Å². The van der Waals surface area contributed by atoms with E-state index in [9.17, 15) is 15.6 Å². The summed E-state index contributed by atoms with van der Waals surface area (Å²) in [5.74, 6) is 0. The molecule has 8 rings (SSSR count). The monoisotopic (exact) mass is 1150 g/mol. The molecule has 6 heterocycles. The molecule has 1 N–H and O–H groups in total. The van der Waals surface area contributed by atoms with Crippen LogP contribution in [0.25, 0.3) is 11.1 Å². The molecular formula is C62H73B2BrN10O6. The number of nitrogens with zero attached hydrogens (tertiary/aromatic N) is 10. The number of aromatic nitrogens is 6. The van der Waals surface area contributed by atoms with Crippen molar-refractivity contribution in [1.82, 2.24) is 29.9 Å². The number of aliphatic hydroxyl groups is 1. The Kier molecular flexibility index (Phi) is 18.2. The van der Waals surface area contributed by atoms with E-state index in [1.54, 1.807) is 61.4 Å². The van der Waals surface area contributed by atoms with E-state index in [4.69, 9.17) is 38.8 Å². The van der Waals surface area contributed by atoms with E-state index in [0.717, 1.165) is 37.8 Å². The first-order valence-electron chi connectivity index (χ1n) is 26.6. The van der Waals surface area contributed by atoms with E-state index in [2.05, 4.69) is 85.9 Å². The molecule has 2 fully saturated rings. The van der Waals surface area contributed by atoms with Crippen LogP contribution in [0.15, 0.2) is 115 Å². The van der Waals surface area contributed by atoms with Gasteiger partial charge >= 0.3 is 14.4 Å². The highest BCUT2D eigenvalue weighted by atomic mass is 79.9. The van der Waals surface area contributed by atoms with E-state index in [1.165, 1.54) is 12.7 Å². The van der Waals surface area contributed by atoms with Gasteiger partial charge in [-0.1, -0.05) is 71.9 Å². The fourth-order valence-corrected chi connectivity index (χ4v) is 9.42. The van der Waals surface area contributed by atoms with Crippen LogP contribution in [0.3, 0.4) is 0 Å². The molecule has 2 atom stereocenters. The van der Waals surface area contributed by atoms with Gasteiger partial charge in [-0.15, -0.1) is 0 Å². The zero-order valence-corrected chi connectivity index (χ0v) is 51.5. The molecule has 0 spiro atoms. The molecule has 81 heavy (non-hydrogen) atoms. The maximum absolute atomic E-state index is 11.7. The van der Waals surface area contributed by atoms with Crippen LogP contribution in [0.4, 0.5) is 0 Å². The zero-order valence-electron chi connectivity index (χ0n) is 49.9. The summed E-state index contributed by atoms with van der Waals surface area (Å²) in [7, 11) is -1.43. The third-order valence-electron chi connectivity index (χ3n) is 15.9. The summed E-state index contributed by atoms with van der Waals surface area (Å²) >= 11 is 3.27. The fraction of sp³-hybridized carbons (Fsp3) is 0.452. The Bertz CT molecular complexity index is 3350. The quantitative estimate of drug-likeness (QED) is 0.125. The molecule has 0 saturated carbocycles. The lowest BCUT2D eigenvalue weighted by Gasteiger charge is -2.44. The molecule has 420 valence electrons. The molecule has 0 aliphatic carbocycles. The number of rotatable bonds is 10. The largest absolute Gasteiger partial charge is 0.641 e. The third kappa shape index (κ3) is 12.8. The van der Waals surface area contributed by atoms with E-state index in [-0.39, 0.29) is 0 Å². The topological polar surface area (TPSA) is 239 Å². The van der Waals surface area contributed by atoms with Gasteiger partial charge in [-0.2, -0.15) is 21.0 Å². The highest BCUT2D eigenvalue weighted by molar-refractivity contribution is 9.10. The molecule has 2 saturated heterocycles. The van der Waals surface area contributed by atoms with Crippen LogP contribution in [0.5, 0.6) is 0 Å². The van der Waals surface area contributed by atoms with Crippen molar-refractivity contribution in [3.63, 3.8) is 0 Å². The van der Waals surface area contributed by atoms with E-state index >= 15 is 0 Å². The van der Waals surface area contributed by atoms with Crippen molar-refractivity contribution in [2.45, 2.75) is 169 Å². The van der Waals surface area contributed by atoms with Crippen LogP contribution >= 0.6 is 15.9 Å². The minimum absolute atomic E-state index is 0.438. The van der Waals surface area contributed by atoms with Gasteiger partial charge < -0.3 is 28.4 Å². The normalized spacial score (nSPS) is 17.7. The van der Waals surface area contributed by atoms with Gasteiger partial charge in [0.05, 0.1) is 74.0 Å². The van der Waals surface area contributed by atoms with E-state index < -0.39 is 69.7 Å². The lowest BCUT2D eigenvalue weighted by molar-refractivity contribution is -0.0465. The maximum atomic E-state index is 11.7. The molecule has 2 aromatic carbocycles. The molecule has 2 unspecified atom stereocenters. The van der Waals surface area contributed by atoms with Gasteiger partial charge in [0.25, 0.3) is 0 Å². The summed E-state index contributed by atoms with van der Waals surface area (Å²) in [5, 5.41) is 48.5. The summed E-state index contributed by atoms with van der Waals surface area (Å²) in [6, 6.07) is 27.1. The van der Waals surface area contributed by atoms with Crippen LogP contribution in [0.1, 0.15) is 169 Å². The van der Waals surface area contributed by atoms with Crippen molar-refractivity contribution < 1.29 is 28.4 Å². The highest BCUT2D eigenvalue weighted by Gasteiger charge is 2.59. The molecule has 6 aromatic rings. The first-order chi connectivity index (χ1) is 37.5. The van der Waals surface area contributed by atoms with Gasteiger partial charge in [-0.25, -0.2) is 19.9 Å². The van der Waals surface area contributed by atoms with Crippen molar-refractivity contribution in [1.29, 1.82) is 21.0 Å². The van der Waals surface area contributed by atoms with Crippen molar-refractivity contribution in [2.75, 3.05) is 0 Å². The summed E-state index contributed by atoms with van der Waals surface area (Å²) < 4.78 is 32.5. The average molecular weight is 1160 g/mol. The van der Waals surface area contributed by atoms with Crippen molar-refractivity contribution in [3.8, 4) is 35.4 Å². The van der Waals surface area contributed by atoms with Gasteiger partial charge in [-0.3, -0.25) is 9.97 Å². The smallest absolute Gasteiger partial charge is 0.399 e. The molecule has 2 aliphatic rings. The second-order valence-corrected chi connectivity index (χ2v) is 26.3.